The van der Waals surface area contributed by atoms with E-state index in [0.29, 0.717) is 38.5 Å². The van der Waals surface area contributed by atoms with Crippen molar-refractivity contribution in [1.82, 2.24) is 9.55 Å². The van der Waals surface area contributed by atoms with Gasteiger partial charge in [-0.05, 0) is 24.3 Å². The van der Waals surface area contributed by atoms with E-state index < -0.39 is 11.9 Å². The minimum atomic E-state index is -0.607. The fourth-order valence-corrected chi connectivity index (χ4v) is 3.87. The quantitative estimate of drug-likeness (QED) is 0.542. The molecule has 1 aliphatic heterocycles. The van der Waals surface area contributed by atoms with Crippen LogP contribution in [0, 0.1) is 0 Å². The number of benzene rings is 2. The first-order chi connectivity index (χ1) is 14.9. The summed E-state index contributed by atoms with van der Waals surface area (Å²) in [5, 5.41) is 1.04. The number of halogens is 2. The smallest absolute Gasteiger partial charge is 0.358 e. The van der Waals surface area contributed by atoms with Crippen LogP contribution in [0.15, 0.2) is 47.5 Å². The van der Waals surface area contributed by atoms with Gasteiger partial charge in [-0.2, -0.15) is 0 Å². The van der Waals surface area contributed by atoms with Crippen molar-refractivity contribution in [3.8, 4) is 5.69 Å². The molecular formula is C22H17Cl2N3O4. The molecule has 0 amide bonds. The number of imidazole rings is 1. The second-order valence-corrected chi connectivity index (χ2v) is 7.58. The summed E-state index contributed by atoms with van der Waals surface area (Å²) in [6, 6.07) is 12.7. The molecule has 1 aromatic heterocycles. The van der Waals surface area contributed by atoms with Crippen LogP contribution in [0.2, 0.25) is 10.0 Å². The van der Waals surface area contributed by atoms with Crippen LogP contribution in [0.25, 0.3) is 5.69 Å². The van der Waals surface area contributed by atoms with E-state index in [-0.39, 0.29) is 18.8 Å². The third-order valence-electron chi connectivity index (χ3n) is 4.80. The van der Waals surface area contributed by atoms with Gasteiger partial charge in [0.1, 0.15) is 6.61 Å². The number of esters is 2. The van der Waals surface area contributed by atoms with E-state index in [4.69, 9.17) is 37.7 Å². The van der Waals surface area contributed by atoms with Gasteiger partial charge in [0, 0.05) is 28.1 Å². The summed E-state index contributed by atoms with van der Waals surface area (Å²) in [5.41, 5.74) is 3.36. The average Bonchev–Trinajstić information content (AvgIpc) is 3.03. The van der Waals surface area contributed by atoms with Gasteiger partial charge in [0.25, 0.3) is 0 Å². The molecule has 7 nitrogen and oxygen atoms in total. The second-order valence-electron chi connectivity index (χ2n) is 6.74. The molecule has 0 atom stereocenters. The van der Waals surface area contributed by atoms with Crippen LogP contribution in [0.4, 0.5) is 0 Å². The maximum atomic E-state index is 12.4. The lowest BCUT2D eigenvalue weighted by molar-refractivity contribution is -0.142. The van der Waals surface area contributed by atoms with Crippen LogP contribution >= 0.6 is 23.2 Å². The number of nitrogens with zero attached hydrogens (tertiary/aromatic N) is 3. The third kappa shape index (κ3) is 3.94. The van der Waals surface area contributed by atoms with E-state index in [0.717, 1.165) is 5.56 Å². The highest BCUT2D eigenvalue weighted by molar-refractivity contribution is 6.36. The summed E-state index contributed by atoms with van der Waals surface area (Å²) < 4.78 is 11.8. The predicted molar refractivity (Wildman–Crippen MR) is 116 cm³/mol. The van der Waals surface area contributed by atoms with Gasteiger partial charge in [-0.15, -0.1) is 0 Å². The molecule has 0 radical (unpaired) electrons. The number of hydrogen-bond donors (Lipinski definition) is 0. The minimum absolute atomic E-state index is 0.106. The molecule has 0 fully saturated rings. The van der Waals surface area contributed by atoms with E-state index in [2.05, 4.69) is 4.98 Å². The van der Waals surface area contributed by atoms with Gasteiger partial charge in [0.15, 0.2) is 11.5 Å². The predicted octanol–water partition coefficient (Wildman–Crippen LogP) is 4.38. The van der Waals surface area contributed by atoms with Crippen molar-refractivity contribution in [1.29, 1.82) is 0 Å². The van der Waals surface area contributed by atoms with Crippen LogP contribution in [0.1, 0.15) is 40.1 Å². The van der Waals surface area contributed by atoms with Crippen LogP contribution in [0.5, 0.6) is 0 Å². The molecule has 4 rings (SSSR count). The van der Waals surface area contributed by atoms with Gasteiger partial charge < -0.3 is 9.47 Å². The number of methoxy groups -OCH3 is 1. The molecule has 2 aromatic carbocycles. The topological polar surface area (TPSA) is 82.8 Å². The molecule has 0 bridgehead atoms. The fraction of sp³-hybridized carbons (Fsp3) is 0.182. The summed E-state index contributed by atoms with van der Waals surface area (Å²) in [6.45, 7) is 1.31. The molecule has 31 heavy (non-hydrogen) atoms. The lowest BCUT2D eigenvalue weighted by Gasteiger charge is -2.15. The summed E-state index contributed by atoms with van der Waals surface area (Å²) in [7, 11) is 1.28. The first kappa shape index (κ1) is 21.1. The van der Waals surface area contributed by atoms with Crippen molar-refractivity contribution in [3.63, 3.8) is 0 Å². The Balaban J connectivity index is 1.99. The fourth-order valence-electron chi connectivity index (χ4n) is 3.47. The number of hydrogen-bond acceptors (Lipinski definition) is 6. The summed E-state index contributed by atoms with van der Waals surface area (Å²) in [5.74, 6) is -0.704. The van der Waals surface area contributed by atoms with Crippen LogP contribution in [-0.4, -0.2) is 34.3 Å². The monoisotopic (exact) mass is 457 g/mol. The minimum Gasteiger partial charge on any atom is -0.464 e. The number of carbonyl (C=O) groups is 2. The van der Waals surface area contributed by atoms with Crippen molar-refractivity contribution in [2.24, 2.45) is 4.99 Å². The number of aliphatic imine (C=N–C) groups is 1. The van der Waals surface area contributed by atoms with Gasteiger partial charge in [-0.3, -0.25) is 14.4 Å². The SMILES string of the molecule is COC(=O)c1nc(COC(C)=O)n2c1CN=C(c1ccccc1Cl)c1cc(Cl)ccc1-2. The Bertz CT molecular complexity index is 1230. The van der Waals surface area contributed by atoms with Gasteiger partial charge in [-0.1, -0.05) is 41.4 Å². The van der Waals surface area contributed by atoms with Crippen molar-refractivity contribution < 1.29 is 19.1 Å². The zero-order valence-corrected chi connectivity index (χ0v) is 18.2. The summed E-state index contributed by atoms with van der Waals surface area (Å²) in [6.07, 6.45) is 0. The molecule has 0 saturated carbocycles. The lowest BCUT2D eigenvalue weighted by atomic mass is 10.0. The molecule has 0 saturated heterocycles. The van der Waals surface area contributed by atoms with E-state index in [1.54, 1.807) is 28.8 Å². The molecule has 9 heteroatoms. The highest BCUT2D eigenvalue weighted by Crippen LogP contribution is 2.32. The standard InChI is InChI=1S/C22H17Cl2N3O4/c1-12(28)31-11-19-26-21(22(29)30-2)18-10-25-20(14-5-3-4-6-16(14)24)15-9-13(23)7-8-17(15)27(18)19/h3-9H,10-11H2,1-2H3. The van der Waals surface area contributed by atoms with Crippen molar-refractivity contribution in [3.05, 3.63) is 80.8 Å². The van der Waals surface area contributed by atoms with E-state index in [1.807, 2.05) is 18.2 Å². The zero-order chi connectivity index (χ0) is 22.1. The van der Waals surface area contributed by atoms with Crippen molar-refractivity contribution >= 4 is 40.9 Å². The Morgan fingerprint density at radius 1 is 1.13 bits per heavy atom. The van der Waals surface area contributed by atoms with Crippen LogP contribution in [-0.2, 0) is 27.4 Å². The summed E-state index contributed by atoms with van der Waals surface area (Å²) >= 11 is 12.8. The average molecular weight is 458 g/mol. The summed E-state index contributed by atoms with van der Waals surface area (Å²) in [4.78, 5) is 33.0. The van der Waals surface area contributed by atoms with Gasteiger partial charge in [-0.25, -0.2) is 9.78 Å². The lowest BCUT2D eigenvalue weighted by Crippen LogP contribution is -2.11. The first-order valence-corrected chi connectivity index (χ1v) is 10.1. The third-order valence-corrected chi connectivity index (χ3v) is 5.36. The van der Waals surface area contributed by atoms with Gasteiger partial charge in [0.2, 0.25) is 0 Å². The molecule has 0 aliphatic carbocycles. The Kier molecular flexibility index (Phi) is 5.80. The molecular weight excluding hydrogens is 441 g/mol. The number of ether oxygens (including phenoxy) is 2. The number of fused-ring (bicyclic) bond motifs is 3. The van der Waals surface area contributed by atoms with Crippen LogP contribution in [0.3, 0.4) is 0 Å². The molecule has 0 N–H and O–H groups in total. The molecule has 1 aliphatic rings. The van der Waals surface area contributed by atoms with Crippen molar-refractivity contribution in [2.45, 2.75) is 20.1 Å². The Morgan fingerprint density at radius 3 is 2.61 bits per heavy atom. The Labute approximate surface area is 188 Å². The zero-order valence-electron chi connectivity index (χ0n) is 16.7. The molecule has 0 unspecified atom stereocenters. The highest BCUT2D eigenvalue weighted by atomic mass is 35.5. The number of carbonyl (C=O) groups excluding carboxylic acids is 2. The normalized spacial score (nSPS) is 12.3. The largest absolute Gasteiger partial charge is 0.464 e. The Morgan fingerprint density at radius 2 is 1.90 bits per heavy atom. The molecule has 2 heterocycles. The Hall–Kier alpha value is -3.16. The maximum absolute atomic E-state index is 12.4. The number of rotatable bonds is 4. The molecule has 158 valence electrons. The second kappa shape index (κ2) is 8.53. The number of aromatic nitrogens is 2. The first-order valence-electron chi connectivity index (χ1n) is 9.32. The molecule has 0 spiro atoms. The van der Waals surface area contributed by atoms with E-state index in [1.165, 1.54) is 14.0 Å². The van der Waals surface area contributed by atoms with E-state index >= 15 is 0 Å². The van der Waals surface area contributed by atoms with Crippen molar-refractivity contribution in [2.75, 3.05) is 7.11 Å². The highest BCUT2D eigenvalue weighted by Gasteiger charge is 2.29. The van der Waals surface area contributed by atoms with E-state index in [9.17, 15) is 9.59 Å². The van der Waals surface area contributed by atoms with Crippen LogP contribution < -0.4 is 0 Å². The maximum Gasteiger partial charge on any atom is 0.358 e. The van der Waals surface area contributed by atoms with Gasteiger partial charge in [0.05, 0.1) is 30.7 Å². The molecule has 3 aromatic rings. The van der Waals surface area contributed by atoms with Gasteiger partial charge >= 0.3 is 11.9 Å².